The first-order valence-corrected chi connectivity index (χ1v) is 12.8. The molecule has 0 saturated heterocycles. The van der Waals surface area contributed by atoms with Crippen molar-refractivity contribution in [2.24, 2.45) is 0 Å². The van der Waals surface area contributed by atoms with Crippen LogP contribution in [0.5, 0.6) is 0 Å². The van der Waals surface area contributed by atoms with Gasteiger partial charge in [-0.25, -0.2) is 0 Å². The predicted octanol–water partition coefficient (Wildman–Crippen LogP) is 4.47. The molecular weight excluding hydrogens is 335 g/mol. The van der Waals surface area contributed by atoms with Gasteiger partial charge in [0, 0.05) is 0 Å². The van der Waals surface area contributed by atoms with Gasteiger partial charge in [0.15, 0.2) is 0 Å². The number of rotatable bonds is 5. The van der Waals surface area contributed by atoms with Gasteiger partial charge in [0.05, 0.1) is 5.30 Å². The number of benzene rings is 1. The van der Waals surface area contributed by atoms with E-state index < -0.39 is 24.7 Å². The lowest BCUT2D eigenvalue weighted by molar-refractivity contribution is 0.312. The van der Waals surface area contributed by atoms with Crippen LogP contribution in [0.15, 0.2) is 30.3 Å². The molecular formula is C14H35O5PSi2. The zero-order valence-corrected chi connectivity index (χ0v) is 13.8. The molecule has 0 amide bonds. The lowest BCUT2D eigenvalue weighted by atomic mass is 10.4. The molecule has 1 rings (SSSR count). The molecule has 0 aliphatic rings. The third kappa shape index (κ3) is 10.4. The van der Waals surface area contributed by atoms with E-state index in [1.165, 1.54) is 26.2 Å². The summed E-state index contributed by atoms with van der Waals surface area (Å²) in [5, 5.41) is 0.342. The minimum absolute atomic E-state index is 0. The van der Waals surface area contributed by atoms with Crippen LogP contribution in [-0.4, -0.2) is 26.7 Å². The smallest absolute Gasteiger partial charge is 0.345 e. The molecule has 1 aromatic carbocycles. The van der Waals surface area contributed by atoms with Crippen molar-refractivity contribution in [1.82, 2.24) is 0 Å². The fourth-order valence-electron chi connectivity index (χ4n) is 1.32. The minimum atomic E-state index is -3.69. The number of hydrogen-bond acceptors (Lipinski definition) is 5. The van der Waals surface area contributed by atoms with Crippen molar-refractivity contribution in [2.75, 3.05) is 0 Å². The summed E-state index contributed by atoms with van der Waals surface area (Å²) in [5.41, 5.74) is 0. The Balaban J connectivity index is -0.000000405. The zero-order valence-electron chi connectivity index (χ0n) is 11.0. The molecule has 0 unspecified atom stereocenters. The Hall–Kier alpha value is -0.276. The van der Waals surface area contributed by atoms with Gasteiger partial charge in [0.2, 0.25) is 0 Å². The number of hydrogen-bond donors (Lipinski definition) is 2. The zero-order chi connectivity index (χ0) is 14.0. The summed E-state index contributed by atoms with van der Waals surface area (Å²) < 4.78 is 23.3. The molecule has 0 heterocycles. The summed E-state index contributed by atoms with van der Waals surface area (Å²) in [7, 11) is -9.80. The predicted molar refractivity (Wildman–Crippen MR) is 102 cm³/mol. The molecule has 1 aromatic rings. The molecule has 134 valence electrons. The van der Waals surface area contributed by atoms with Gasteiger partial charge in [-0.15, -0.1) is 0 Å². The van der Waals surface area contributed by atoms with Crippen molar-refractivity contribution in [1.29, 1.82) is 0 Å². The van der Waals surface area contributed by atoms with Gasteiger partial charge in [-0.3, -0.25) is 4.57 Å². The van der Waals surface area contributed by atoms with E-state index in [4.69, 9.17) is 8.43 Å². The Morgan fingerprint density at radius 1 is 0.818 bits per heavy atom. The van der Waals surface area contributed by atoms with Crippen LogP contribution in [0.3, 0.4) is 0 Å². The van der Waals surface area contributed by atoms with E-state index in [0.717, 1.165) is 0 Å². The quantitative estimate of drug-likeness (QED) is 0.591. The average molecular weight is 371 g/mol. The van der Waals surface area contributed by atoms with E-state index >= 15 is 0 Å². The highest BCUT2D eigenvalue weighted by atomic mass is 31.2. The fourth-order valence-corrected chi connectivity index (χ4v) is 7.89. The van der Waals surface area contributed by atoms with Crippen molar-refractivity contribution in [2.45, 2.75) is 55.9 Å². The molecule has 0 radical (unpaired) electrons. The molecule has 0 bridgehead atoms. The van der Waals surface area contributed by atoms with Crippen molar-refractivity contribution in [3.8, 4) is 0 Å². The van der Waals surface area contributed by atoms with Gasteiger partial charge < -0.3 is 18.0 Å². The average Bonchev–Trinajstić information content (AvgIpc) is 2.13. The van der Waals surface area contributed by atoms with Crippen molar-refractivity contribution >= 4 is 30.0 Å². The van der Waals surface area contributed by atoms with Crippen LogP contribution in [0, 0.1) is 0 Å². The molecule has 8 heteroatoms. The maximum Gasteiger partial charge on any atom is 0.345 e. The van der Waals surface area contributed by atoms with Crippen LogP contribution in [0.2, 0.25) is 26.2 Å². The summed E-state index contributed by atoms with van der Waals surface area (Å²) in [6, 6.07) is 8.37. The molecule has 0 atom stereocenters. The first-order valence-electron chi connectivity index (χ1n) is 5.54. The molecule has 0 spiro atoms. The van der Waals surface area contributed by atoms with Gasteiger partial charge in [-0.05, 0) is 38.3 Å². The van der Waals surface area contributed by atoms with Gasteiger partial charge in [-0.2, -0.15) is 0 Å². The second-order valence-corrected chi connectivity index (χ2v) is 13.7. The van der Waals surface area contributed by atoms with E-state index in [0.29, 0.717) is 5.30 Å². The summed E-state index contributed by atoms with van der Waals surface area (Å²) in [6.45, 7) is 5.99. The largest absolute Gasteiger partial charge is 0.411 e. The van der Waals surface area contributed by atoms with Gasteiger partial charge >= 0.3 is 24.7 Å². The minimum Gasteiger partial charge on any atom is -0.411 e. The molecule has 0 aromatic heterocycles. The lowest BCUT2D eigenvalue weighted by Crippen LogP contribution is -2.36. The Morgan fingerprint density at radius 2 is 1.14 bits per heavy atom. The molecule has 2 N–H and O–H groups in total. The van der Waals surface area contributed by atoms with Crippen LogP contribution in [-0.2, 0) is 13.0 Å². The van der Waals surface area contributed by atoms with E-state index in [1.54, 1.807) is 30.3 Å². The Labute approximate surface area is 139 Å². The SMILES string of the molecule is C.C.C.C.C[Si](C)(O)OP(=O)(O[Si](C)(C)O)c1ccccc1. The normalized spacial score (nSPS) is 11.2. The Bertz CT molecular complexity index is 421. The van der Waals surface area contributed by atoms with Crippen LogP contribution in [0.25, 0.3) is 0 Å². The third-order valence-electron chi connectivity index (χ3n) is 1.76. The van der Waals surface area contributed by atoms with E-state index in [9.17, 15) is 14.2 Å². The summed E-state index contributed by atoms with van der Waals surface area (Å²) in [5.74, 6) is 0. The Kier molecular flexibility index (Phi) is 14.2. The highest BCUT2D eigenvalue weighted by molar-refractivity contribution is 7.64. The van der Waals surface area contributed by atoms with Crippen LogP contribution >= 0.6 is 7.60 Å². The Morgan fingerprint density at radius 3 is 1.41 bits per heavy atom. The second kappa shape index (κ2) is 10.5. The highest BCUT2D eigenvalue weighted by Crippen LogP contribution is 2.50. The summed E-state index contributed by atoms with van der Waals surface area (Å²) in [6.07, 6.45) is 0. The third-order valence-corrected chi connectivity index (χ3v) is 8.19. The molecule has 0 fully saturated rings. The van der Waals surface area contributed by atoms with Crippen molar-refractivity contribution in [3.05, 3.63) is 30.3 Å². The van der Waals surface area contributed by atoms with Gasteiger partial charge in [0.25, 0.3) is 0 Å². The van der Waals surface area contributed by atoms with E-state index in [1.807, 2.05) is 0 Å². The van der Waals surface area contributed by atoms with Crippen LogP contribution in [0.4, 0.5) is 0 Å². The monoisotopic (exact) mass is 370 g/mol. The van der Waals surface area contributed by atoms with Crippen molar-refractivity contribution < 1.29 is 22.6 Å². The molecule has 0 aliphatic carbocycles. The lowest BCUT2D eigenvalue weighted by Gasteiger charge is -2.28. The highest BCUT2D eigenvalue weighted by Gasteiger charge is 2.40. The first kappa shape index (κ1) is 29.7. The van der Waals surface area contributed by atoms with Crippen LogP contribution in [0.1, 0.15) is 29.7 Å². The maximum atomic E-state index is 12.8. The van der Waals surface area contributed by atoms with E-state index in [2.05, 4.69) is 0 Å². The summed E-state index contributed by atoms with van der Waals surface area (Å²) >= 11 is 0. The molecule has 5 nitrogen and oxygen atoms in total. The summed E-state index contributed by atoms with van der Waals surface area (Å²) in [4.78, 5) is 19.6. The van der Waals surface area contributed by atoms with Crippen LogP contribution < -0.4 is 5.30 Å². The second-order valence-electron chi connectivity index (χ2n) is 4.91. The van der Waals surface area contributed by atoms with E-state index in [-0.39, 0.29) is 29.7 Å². The molecule has 0 aliphatic heterocycles. The van der Waals surface area contributed by atoms with Crippen molar-refractivity contribution in [3.63, 3.8) is 0 Å². The fraction of sp³-hybridized carbons (Fsp3) is 0.571. The molecule has 22 heavy (non-hydrogen) atoms. The maximum absolute atomic E-state index is 12.8. The first-order chi connectivity index (χ1) is 8.02. The molecule has 0 saturated carbocycles. The standard InChI is InChI=1S/C10H19O5PSi2.4CH4/c1-17(2,12)14-16(11,15-18(3,4)13)10-8-6-5-7-9-10;;;;/h5-9,12-13H,1-4H3;4*1H4. The van der Waals surface area contributed by atoms with Gasteiger partial charge in [-0.1, -0.05) is 47.9 Å². The van der Waals surface area contributed by atoms with Gasteiger partial charge in [0.1, 0.15) is 0 Å². The topological polar surface area (TPSA) is 76.0 Å².